The molecule has 1 N–H and O–H groups in total. The Labute approximate surface area is 105 Å². The van der Waals surface area contributed by atoms with Gasteiger partial charge in [0.2, 0.25) is 5.91 Å². The first-order valence-corrected chi connectivity index (χ1v) is 6.57. The zero-order valence-electron chi connectivity index (χ0n) is 12.0. The Morgan fingerprint density at radius 2 is 1.94 bits per heavy atom. The summed E-state index contributed by atoms with van der Waals surface area (Å²) in [5, 5.41) is 3.38. The summed E-state index contributed by atoms with van der Waals surface area (Å²) in [4.78, 5) is 16.5. The lowest BCUT2D eigenvalue weighted by atomic mass is 10.0. The molecule has 0 bridgehead atoms. The molecule has 3 atom stereocenters. The summed E-state index contributed by atoms with van der Waals surface area (Å²) in [6.07, 6.45) is 1.18. The smallest absolute Gasteiger partial charge is 0.241 e. The molecule has 1 saturated heterocycles. The summed E-state index contributed by atoms with van der Waals surface area (Å²) in [5.74, 6) is 0.620. The maximum Gasteiger partial charge on any atom is 0.241 e. The van der Waals surface area contributed by atoms with Crippen LogP contribution in [0, 0.1) is 5.92 Å². The quantitative estimate of drug-likeness (QED) is 0.784. The predicted octanol–water partition coefficient (Wildman–Crippen LogP) is 1.13. The SMILES string of the molecule is CC(C)C1NC(C)N(C(C)CCN(C)C)C1=O. The number of amides is 1. The van der Waals surface area contributed by atoms with Crippen molar-refractivity contribution in [1.29, 1.82) is 0 Å². The van der Waals surface area contributed by atoms with Gasteiger partial charge in [-0.3, -0.25) is 10.1 Å². The van der Waals surface area contributed by atoms with Gasteiger partial charge in [-0.05, 0) is 46.8 Å². The van der Waals surface area contributed by atoms with Gasteiger partial charge in [0.05, 0.1) is 12.2 Å². The third kappa shape index (κ3) is 3.42. The molecule has 0 spiro atoms. The topological polar surface area (TPSA) is 35.6 Å². The summed E-state index contributed by atoms with van der Waals surface area (Å²) in [5.41, 5.74) is 0. The number of carbonyl (C=O) groups excluding carboxylic acids is 1. The van der Waals surface area contributed by atoms with E-state index < -0.39 is 0 Å². The second-order valence-corrected chi connectivity index (χ2v) is 5.75. The number of hydrogen-bond acceptors (Lipinski definition) is 3. The largest absolute Gasteiger partial charge is 0.323 e. The van der Waals surface area contributed by atoms with E-state index in [1.807, 2.05) is 4.90 Å². The highest BCUT2D eigenvalue weighted by atomic mass is 16.2. The molecule has 1 aliphatic heterocycles. The van der Waals surface area contributed by atoms with E-state index in [2.05, 4.69) is 52.0 Å². The van der Waals surface area contributed by atoms with Gasteiger partial charge in [-0.1, -0.05) is 13.8 Å². The van der Waals surface area contributed by atoms with Crippen molar-refractivity contribution in [3.05, 3.63) is 0 Å². The molecule has 1 fully saturated rings. The molecule has 0 aromatic rings. The van der Waals surface area contributed by atoms with E-state index >= 15 is 0 Å². The molecule has 100 valence electrons. The monoisotopic (exact) mass is 241 g/mol. The number of rotatable bonds is 5. The fourth-order valence-electron chi connectivity index (χ4n) is 2.42. The van der Waals surface area contributed by atoms with Crippen LogP contribution < -0.4 is 5.32 Å². The van der Waals surface area contributed by atoms with E-state index in [1.165, 1.54) is 0 Å². The van der Waals surface area contributed by atoms with E-state index in [9.17, 15) is 4.79 Å². The third-order valence-electron chi connectivity index (χ3n) is 3.49. The molecular weight excluding hydrogens is 214 g/mol. The highest BCUT2D eigenvalue weighted by Crippen LogP contribution is 2.20. The Morgan fingerprint density at radius 1 is 1.35 bits per heavy atom. The van der Waals surface area contributed by atoms with E-state index in [4.69, 9.17) is 0 Å². The summed E-state index contributed by atoms with van der Waals surface area (Å²) in [6, 6.07) is 0.294. The zero-order chi connectivity index (χ0) is 13.2. The Hall–Kier alpha value is -0.610. The van der Waals surface area contributed by atoms with Crippen molar-refractivity contribution in [3.8, 4) is 0 Å². The van der Waals surface area contributed by atoms with Gasteiger partial charge in [-0.2, -0.15) is 0 Å². The lowest BCUT2D eigenvalue weighted by molar-refractivity contribution is -0.132. The van der Waals surface area contributed by atoms with Gasteiger partial charge >= 0.3 is 0 Å². The molecule has 0 aromatic heterocycles. The minimum atomic E-state index is -0.00759. The minimum absolute atomic E-state index is 0.00759. The van der Waals surface area contributed by atoms with Crippen LogP contribution in [0.2, 0.25) is 0 Å². The second kappa shape index (κ2) is 5.83. The third-order valence-corrected chi connectivity index (χ3v) is 3.49. The summed E-state index contributed by atoms with van der Waals surface area (Å²) < 4.78 is 0. The molecule has 0 aliphatic carbocycles. The lowest BCUT2D eigenvalue weighted by Crippen LogP contribution is -2.42. The van der Waals surface area contributed by atoms with Crippen molar-refractivity contribution in [2.75, 3.05) is 20.6 Å². The van der Waals surface area contributed by atoms with Crippen molar-refractivity contribution in [3.63, 3.8) is 0 Å². The molecule has 0 radical (unpaired) electrons. The lowest BCUT2D eigenvalue weighted by Gasteiger charge is -2.29. The molecule has 17 heavy (non-hydrogen) atoms. The minimum Gasteiger partial charge on any atom is -0.323 e. The van der Waals surface area contributed by atoms with Crippen LogP contribution in [-0.2, 0) is 4.79 Å². The van der Waals surface area contributed by atoms with E-state index in [0.717, 1.165) is 13.0 Å². The summed E-state index contributed by atoms with van der Waals surface area (Å²) >= 11 is 0. The van der Waals surface area contributed by atoms with E-state index in [1.54, 1.807) is 0 Å². The fourth-order valence-corrected chi connectivity index (χ4v) is 2.42. The number of nitrogens with one attached hydrogen (secondary N) is 1. The molecule has 1 amide bonds. The first-order chi connectivity index (χ1) is 7.84. The zero-order valence-corrected chi connectivity index (χ0v) is 12.0. The van der Waals surface area contributed by atoms with Crippen LogP contribution in [0.3, 0.4) is 0 Å². The Kier molecular flexibility index (Phi) is 4.95. The predicted molar refractivity (Wildman–Crippen MR) is 70.7 cm³/mol. The Morgan fingerprint density at radius 3 is 2.35 bits per heavy atom. The Bertz CT molecular complexity index is 265. The molecule has 4 heteroatoms. The number of nitrogens with zero attached hydrogens (tertiary/aromatic N) is 2. The van der Waals surface area contributed by atoms with Crippen LogP contribution in [-0.4, -0.2) is 54.6 Å². The molecule has 0 saturated carbocycles. The van der Waals surface area contributed by atoms with Crippen LogP contribution >= 0.6 is 0 Å². The van der Waals surface area contributed by atoms with Crippen molar-refractivity contribution in [1.82, 2.24) is 15.1 Å². The van der Waals surface area contributed by atoms with Gasteiger partial charge in [-0.25, -0.2) is 0 Å². The molecule has 3 unspecified atom stereocenters. The highest BCUT2D eigenvalue weighted by Gasteiger charge is 2.39. The standard InChI is InChI=1S/C13H27N3O/c1-9(2)12-13(17)16(11(4)14-12)10(3)7-8-15(5)6/h9-12,14H,7-8H2,1-6H3. The number of carbonyl (C=O) groups is 1. The van der Waals surface area contributed by atoms with E-state index in [-0.39, 0.29) is 18.1 Å². The average molecular weight is 241 g/mol. The molecule has 1 rings (SSSR count). The van der Waals surface area contributed by atoms with Gasteiger partial charge in [-0.15, -0.1) is 0 Å². The van der Waals surface area contributed by atoms with Crippen LogP contribution in [0.4, 0.5) is 0 Å². The summed E-state index contributed by atoms with van der Waals surface area (Å²) in [6.45, 7) is 9.42. The maximum absolute atomic E-state index is 12.3. The van der Waals surface area contributed by atoms with Crippen molar-refractivity contribution in [2.24, 2.45) is 5.92 Å². The van der Waals surface area contributed by atoms with E-state index in [0.29, 0.717) is 12.0 Å². The van der Waals surface area contributed by atoms with Crippen LogP contribution in [0.15, 0.2) is 0 Å². The first-order valence-electron chi connectivity index (χ1n) is 6.57. The number of hydrogen-bond donors (Lipinski definition) is 1. The fraction of sp³-hybridized carbons (Fsp3) is 0.923. The Balaban J connectivity index is 2.61. The molecule has 4 nitrogen and oxygen atoms in total. The van der Waals surface area contributed by atoms with Gasteiger partial charge in [0.15, 0.2) is 0 Å². The van der Waals surface area contributed by atoms with Gasteiger partial charge in [0.1, 0.15) is 0 Å². The van der Waals surface area contributed by atoms with Gasteiger partial charge < -0.3 is 9.80 Å². The van der Waals surface area contributed by atoms with Gasteiger partial charge in [0.25, 0.3) is 0 Å². The van der Waals surface area contributed by atoms with Crippen LogP contribution in [0.1, 0.15) is 34.1 Å². The molecule has 1 heterocycles. The molecular formula is C13H27N3O. The van der Waals surface area contributed by atoms with Crippen molar-refractivity contribution >= 4 is 5.91 Å². The average Bonchev–Trinajstić information content (AvgIpc) is 2.51. The van der Waals surface area contributed by atoms with Crippen molar-refractivity contribution in [2.45, 2.75) is 52.4 Å². The van der Waals surface area contributed by atoms with Crippen LogP contribution in [0.25, 0.3) is 0 Å². The molecule has 1 aliphatic rings. The van der Waals surface area contributed by atoms with Crippen LogP contribution in [0.5, 0.6) is 0 Å². The van der Waals surface area contributed by atoms with Gasteiger partial charge in [0, 0.05) is 6.04 Å². The van der Waals surface area contributed by atoms with Crippen molar-refractivity contribution < 1.29 is 4.79 Å². The first kappa shape index (κ1) is 14.5. The summed E-state index contributed by atoms with van der Waals surface area (Å²) in [7, 11) is 4.13. The normalized spacial score (nSPS) is 27.3. The maximum atomic E-state index is 12.3. The highest BCUT2D eigenvalue weighted by molar-refractivity contribution is 5.84. The second-order valence-electron chi connectivity index (χ2n) is 5.75. The molecule has 0 aromatic carbocycles.